The van der Waals surface area contributed by atoms with Gasteiger partial charge in [-0.25, -0.2) is 19.4 Å². The second kappa shape index (κ2) is 17.2. The Bertz CT molecular complexity index is 1240. The summed E-state index contributed by atoms with van der Waals surface area (Å²) in [5.74, 6) is -6.36. The molecule has 298 valence electrons. The van der Waals surface area contributed by atoms with Crippen molar-refractivity contribution in [3.05, 3.63) is 0 Å². The second-order valence-corrected chi connectivity index (χ2v) is 13.2. The monoisotopic (exact) mass is 758 g/mol. The Morgan fingerprint density at radius 3 is 1.96 bits per heavy atom. The predicted octanol–water partition coefficient (Wildman–Crippen LogP) is -5.87. The number of carboxylic acid groups (broad SMARTS) is 2. The molecule has 52 heavy (non-hydrogen) atoms. The van der Waals surface area contributed by atoms with E-state index < -0.39 is 159 Å². The maximum absolute atomic E-state index is 13.0. The zero-order valence-electron chi connectivity index (χ0n) is 28.2. The lowest BCUT2D eigenvalue weighted by molar-refractivity contribution is -0.397. The van der Waals surface area contributed by atoms with Gasteiger partial charge in [0.1, 0.15) is 61.0 Å². The van der Waals surface area contributed by atoms with Gasteiger partial charge in [-0.05, 0) is 18.3 Å². The fraction of sp³-hybridized carbons (Fsp3) is 0.900. The molecule has 5 aliphatic rings. The molecule has 20 atom stereocenters. The van der Waals surface area contributed by atoms with Crippen LogP contribution in [0.3, 0.4) is 0 Å². The van der Waals surface area contributed by atoms with Gasteiger partial charge in [0, 0.05) is 27.2 Å². The Hall–Kier alpha value is -2.07. The number of carbonyl (C=O) groups is 3. The molecule has 4 saturated heterocycles. The van der Waals surface area contributed by atoms with E-state index in [2.05, 4.69) is 0 Å². The molecule has 0 spiro atoms. The van der Waals surface area contributed by atoms with Crippen LogP contribution in [-0.4, -0.2) is 209 Å². The summed E-state index contributed by atoms with van der Waals surface area (Å²) in [7, 11) is 3.62. The third-order valence-electron chi connectivity index (χ3n) is 10.3. The summed E-state index contributed by atoms with van der Waals surface area (Å²) < 4.78 is 43.2. The van der Waals surface area contributed by atoms with Crippen LogP contribution in [0.2, 0.25) is 0 Å². The van der Waals surface area contributed by atoms with Crippen LogP contribution in [0.15, 0.2) is 0 Å². The van der Waals surface area contributed by atoms with Gasteiger partial charge in [0.15, 0.2) is 36.7 Å². The smallest absolute Gasteiger partial charge is 0.335 e. The number of hydrogen-bond donors (Lipinski definition) is 9. The Kier molecular flexibility index (Phi) is 13.6. The highest BCUT2D eigenvalue weighted by Crippen LogP contribution is 2.54. The van der Waals surface area contributed by atoms with Crippen molar-refractivity contribution in [2.75, 3.05) is 41.2 Å². The van der Waals surface area contributed by atoms with Crippen molar-refractivity contribution < 1.29 is 108 Å². The lowest BCUT2D eigenvalue weighted by Crippen LogP contribution is -2.65. The molecule has 5 rings (SSSR count). The zero-order valence-corrected chi connectivity index (χ0v) is 28.2. The molecule has 22 nitrogen and oxygen atoms in total. The number of methoxy groups -OCH3 is 3. The largest absolute Gasteiger partial charge is 0.479 e. The Morgan fingerprint density at radius 2 is 1.38 bits per heavy atom. The number of ketones is 1. The molecule has 0 aromatic carbocycles. The number of aliphatic hydroxyl groups is 7. The molecule has 0 bridgehead atoms. The van der Waals surface area contributed by atoms with E-state index >= 15 is 0 Å². The van der Waals surface area contributed by atoms with Crippen molar-refractivity contribution in [1.82, 2.24) is 0 Å². The van der Waals surface area contributed by atoms with E-state index in [1.807, 2.05) is 0 Å². The molecular weight excluding hydrogens is 712 g/mol. The van der Waals surface area contributed by atoms with E-state index in [0.717, 1.165) is 7.11 Å². The zero-order chi connectivity index (χ0) is 38.2. The van der Waals surface area contributed by atoms with Crippen LogP contribution in [0.4, 0.5) is 0 Å². The number of Topliss-reactive ketones (excluding diaryl/α,β-unsaturated/α-hetero) is 1. The SMILES string of the molecule is COC1OC(CO)C(=O)C(OOC2COC(C(=O)O)C(O)[C@@H]2C2CC2C2OC(CO)C(O)C(OC3OC(C(=O)O)C(O)C(OC)C3O)C2O)C1OC. The summed E-state index contributed by atoms with van der Waals surface area (Å²) in [5, 5.41) is 93.7. The van der Waals surface area contributed by atoms with Crippen LogP contribution >= 0.6 is 0 Å². The average molecular weight is 759 g/mol. The molecule has 5 fully saturated rings. The molecule has 1 saturated carbocycles. The minimum Gasteiger partial charge on any atom is -0.479 e. The van der Waals surface area contributed by atoms with Crippen molar-refractivity contribution in [2.45, 2.75) is 111 Å². The van der Waals surface area contributed by atoms with Gasteiger partial charge in [-0.15, -0.1) is 0 Å². The fourth-order valence-corrected chi connectivity index (χ4v) is 7.52. The maximum atomic E-state index is 13.0. The van der Waals surface area contributed by atoms with Gasteiger partial charge in [0.05, 0.1) is 32.0 Å². The first kappa shape index (κ1) is 41.1. The molecule has 22 heteroatoms. The van der Waals surface area contributed by atoms with E-state index in [9.17, 15) is 60.3 Å². The van der Waals surface area contributed by atoms with Crippen molar-refractivity contribution in [3.63, 3.8) is 0 Å². The van der Waals surface area contributed by atoms with Crippen LogP contribution in [0.5, 0.6) is 0 Å². The third kappa shape index (κ3) is 7.85. The number of aliphatic carboxylic acids is 2. The summed E-state index contributed by atoms with van der Waals surface area (Å²) in [6, 6.07) is 0. The highest BCUT2D eigenvalue weighted by atomic mass is 17.2. The molecule has 19 unspecified atom stereocenters. The molecule has 0 radical (unpaired) electrons. The van der Waals surface area contributed by atoms with Crippen molar-refractivity contribution in [2.24, 2.45) is 17.8 Å². The van der Waals surface area contributed by atoms with Gasteiger partial charge >= 0.3 is 11.9 Å². The van der Waals surface area contributed by atoms with Gasteiger partial charge in [-0.2, -0.15) is 0 Å². The van der Waals surface area contributed by atoms with E-state index in [1.54, 1.807) is 0 Å². The quantitative estimate of drug-likeness (QED) is 0.0588. The highest BCUT2D eigenvalue weighted by Gasteiger charge is 2.62. The van der Waals surface area contributed by atoms with Crippen LogP contribution in [-0.2, 0) is 62.1 Å². The van der Waals surface area contributed by atoms with Gasteiger partial charge in [-0.3, -0.25) is 4.79 Å². The lowest BCUT2D eigenvalue weighted by Gasteiger charge is -2.46. The Morgan fingerprint density at radius 1 is 0.712 bits per heavy atom. The molecule has 4 heterocycles. The first-order valence-electron chi connectivity index (χ1n) is 16.5. The molecule has 4 aliphatic heterocycles. The number of rotatable bonds is 14. The Balaban J connectivity index is 1.35. The van der Waals surface area contributed by atoms with E-state index in [4.69, 9.17) is 47.7 Å². The molecule has 0 amide bonds. The van der Waals surface area contributed by atoms with E-state index in [-0.39, 0.29) is 6.42 Å². The summed E-state index contributed by atoms with van der Waals surface area (Å²) in [6.45, 7) is -1.95. The molecule has 9 N–H and O–H groups in total. The number of aliphatic hydroxyl groups excluding tert-OH is 7. The summed E-state index contributed by atoms with van der Waals surface area (Å²) >= 11 is 0. The summed E-state index contributed by atoms with van der Waals surface area (Å²) in [6.07, 6.45) is -26.4. The van der Waals surface area contributed by atoms with Gasteiger partial charge in [0.25, 0.3) is 0 Å². The number of carbonyl (C=O) groups excluding carboxylic acids is 1. The van der Waals surface area contributed by atoms with Crippen LogP contribution in [0, 0.1) is 17.8 Å². The third-order valence-corrected chi connectivity index (χ3v) is 10.3. The van der Waals surface area contributed by atoms with Crippen molar-refractivity contribution >= 4 is 17.7 Å². The lowest BCUT2D eigenvalue weighted by atomic mass is 9.83. The minimum atomic E-state index is -1.92. The number of ether oxygens (including phenoxy) is 8. The average Bonchev–Trinajstić information content (AvgIpc) is 3.90. The predicted molar refractivity (Wildman–Crippen MR) is 159 cm³/mol. The first-order chi connectivity index (χ1) is 24.7. The highest BCUT2D eigenvalue weighted by molar-refractivity contribution is 5.88. The second-order valence-electron chi connectivity index (χ2n) is 13.2. The minimum absolute atomic E-state index is 0.160. The standard InChI is InChI=1S/C30H46O22/c1-43-21-18(37)25(28(41)42)50-29(19(21)38)49-22-14(33)10(5-31)47-20(17(22)36)9-4-8(9)13-12(7-46-24(16(13)35)27(39)40)51-52-23-15(34)11(6-32)48-30(45-3)26(23)44-2/h8-14,16-26,29-33,35-38H,4-7H2,1-3H3,(H,39,40)(H,41,42)/t8?,9?,10?,11?,12?,13-,14?,16?,17?,18?,19?,20?,21?,22?,23?,24?,25?,26?,29?,30?/m1/s1. The fourth-order valence-electron chi connectivity index (χ4n) is 7.52. The first-order valence-corrected chi connectivity index (χ1v) is 16.5. The summed E-state index contributed by atoms with van der Waals surface area (Å²) in [4.78, 5) is 47.9. The van der Waals surface area contributed by atoms with Gasteiger partial charge in [-0.1, -0.05) is 0 Å². The molecule has 1 aliphatic carbocycles. The molecule has 0 aromatic rings. The normalized spacial score (nSPS) is 48.3. The Labute approximate surface area is 295 Å². The van der Waals surface area contributed by atoms with E-state index in [1.165, 1.54) is 14.2 Å². The molecule has 0 aromatic heterocycles. The number of carboxylic acids is 2. The molecular formula is C30H46O22. The van der Waals surface area contributed by atoms with E-state index in [0.29, 0.717) is 0 Å². The van der Waals surface area contributed by atoms with Crippen molar-refractivity contribution in [1.29, 1.82) is 0 Å². The van der Waals surface area contributed by atoms with Gasteiger partial charge in [0.2, 0.25) is 0 Å². The van der Waals surface area contributed by atoms with Crippen LogP contribution in [0.1, 0.15) is 6.42 Å². The van der Waals surface area contributed by atoms with Crippen LogP contribution in [0.25, 0.3) is 0 Å². The van der Waals surface area contributed by atoms with Crippen molar-refractivity contribution in [3.8, 4) is 0 Å². The van der Waals surface area contributed by atoms with Crippen LogP contribution < -0.4 is 0 Å². The number of hydrogen-bond acceptors (Lipinski definition) is 20. The maximum Gasteiger partial charge on any atom is 0.335 e. The van der Waals surface area contributed by atoms with Gasteiger partial charge < -0.3 is 83.9 Å². The topological polar surface area (TPSA) is 326 Å². The summed E-state index contributed by atoms with van der Waals surface area (Å²) in [5.41, 5.74) is 0.